The topological polar surface area (TPSA) is 29.5 Å². The summed E-state index contributed by atoms with van der Waals surface area (Å²) in [5.41, 5.74) is -0.403. The minimum absolute atomic E-state index is 0.231. The van der Waals surface area contributed by atoms with Crippen LogP contribution < -0.4 is 0 Å². The van der Waals surface area contributed by atoms with Crippen LogP contribution >= 0.6 is 0 Å². The Bertz CT molecular complexity index is 196. The number of nitrogens with zero attached hydrogens (tertiary/aromatic N) is 1. The first-order valence-corrected chi connectivity index (χ1v) is 5.70. The minimum Gasteiger partial charge on any atom is -0.444 e. The molecule has 3 nitrogen and oxygen atoms in total. The first kappa shape index (κ1) is 14.3. The van der Waals surface area contributed by atoms with Gasteiger partial charge >= 0.3 is 6.09 Å². The van der Waals surface area contributed by atoms with Gasteiger partial charge in [0.15, 0.2) is 0 Å². The molecule has 3 heteroatoms. The first-order valence-electron chi connectivity index (χ1n) is 5.70. The van der Waals surface area contributed by atoms with Crippen molar-refractivity contribution in [2.24, 2.45) is 5.92 Å². The Hall–Kier alpha value is -0.730. The Morgan fingerprint density at radius 1 is 1.40 bits per heavy atom. The fraction of sp³-hybridized carbons (Fsp3) is 0.917. The SMILES string of the molecule is CCCC(C)CN(C)C(=O)OC(C)(C)C. The molecule has 0 aliphatic rings. The van der Waals surface area contributed by atoms with Gasteiger partial charge in [0.25, 0.3) is 0 Å². The molecule has 0 fully saturated rings. The Kier molecular flexibility index (Phi) is 5.69. The van der Waals surface area contributed by atoms with E-state index in [9.17, 15) is 4.79 Å². The minimum atomic E-state index is -0.403. The molecule has 0 radical (unpaired) electrons. The number of hydrogen-bond acceptors (Lipinski definition) is 2. The van der Waals surface area contributed by atoms with Crippen molar-refractivity contribution in [1.82, 2.24) is 4.90 Å². The van der Waals surface area contributed by atoms with E-state index in [-0.39, 0.29) is 6.09 Å². The molecule has 15 heavy (non-hydrogen) atoms. The Balaban J connectivity index is 3.99. The Morgan fingerprint density at radius 2 is 1.93 bits per heavy atom. The second-order valence-corrected chi connectivity index (χ2v) is 5.25. The van der Waals surface area contributed by atoms with Crippen LogP contribution in [0.1, 0.15) is 47.5 Å². The normalized spacial score (nSPS) is 13.5. The van der Waals surface area contributed by atoms with Crippen LogP contribution in [-0.4, -0.2) is 30.2 Å². The van der Waals surface area contributed by atoms with Crippen molar-refractivity contribution in [3.8, 4) is 0 Å². The third kappa shape index (κ3) is 7.23. The highest BCUT2D eigenvalue weighted by atomic mass is 16.6. The van der Waals surface area contributed by atoms with E-state index in [2.05, 4.69) is 13.8 Å². The predicted octanol–water partition coefficient (Wildman–Crippen LogP) is 3.29. The maximum atomic E-state index is 11.6. The van der Waals surface area contributed by atoms with Gasteiger partial charge in [-0.15, -0.1) is 0 Å². The molecule has 0 rings (SSSR count). The smallest absolute Gasteiger partial charge is 0.410 e. The zero-order chi connectivity index (χ0) is 12.1. The standard InChI is InChI=1S/C12H25NO2/c1-7-8-10(2)9-13(6)11(14)15-12(3,4)5/h10H,7-9H2,1-6H3. The third-order valence-electron chi connectivity index (χ3n) is 2.07. The lowest BCUT2D eigenvalue weighted by Gasteiger charge is -2.26. The second kappa shape index (κ2) is 5.99. The van der Waals surface area contributed by atoms with E-state index < -0.39 is 5.60 Å². The maximum absolute atomic E-state index is 11.6. The molecule has 0 saturated carbocycles. The first-order chi connectivity index (χ1) is 6.76. The number of ether oxygens (including phenoxy) is 1. The van der Waals surface area contributed by atoms with E-state index in [4.69, 9.17) is 4.74 Å². The third-order valence-corrected chi connectivity index (χ3v) is 2.07. The quantitative estimate of drug-likeness (QED) is 0.720. The van der Waals surface area contributed by atoms with Gasteiger partial charge < -0.3 is 9.64 Å². The van der Waals surface area contributed by atoms with Crippen molar-refractivity contribution in [1.29, 1.82) is 0 Å². The van der Waals surface area contributed by atoms with Crippen LogP contribution in [-0.2, 0) is 4.74 Å². The fourth-order valence-corrected chi connectivity index (χ4v) is 1.47. The molecule has 0 aromatic carbocycles. The Morgan fingerprint density at radius 3 is 2.33 bits per heavy atom. The van der Waals surface area contributed by atoms with Gasteiger partial charge in [0.05, 0.1) is 0 Å². The summed E-state index contributed by atoms with van der Waals surface area (Å²) in [5.74, 6) is 0.535. The zero-order valence-corrected chi connectivity index (χ0v) is 11.0. The van der Waals surface area contributed by atoms with E-state index in [1.807, 2.05) is 20.8 Å². The van der Waals surface area contributed by atoms with Crippen molar-refractivity contribution in [3.63, 3.8) is 0 Å². The van der Waals surface area contributed by atoms with Gasteiger partial charge in [-0.05, 0) is 33.1 Å². The lowest BCUT2D eigenvalue weighted by atomic mass is 10.1. The van der Waals surface area contributed by atoms with Crippen molar-refractivity contribution in [2.75, 3.05) is 13.6 Å². The average molecular weight is 215 g/mol. The van der Waals surface area contributed by atoms with Crippen LogP contribution in [0.15, 0.2) is 0 Å². The van der Waals surface area contributed by atoms with Gasteiger partial charge in [-0.25, -0.2) is 4.79 Å². The lowest BCUT2D eigenvalue weighted by molar-refractivity contribution is 0.0275. The number of carbonyl (C=O) groups excluding carboxylic acids is 1. The molecule has 90 valence electrons. The van der Waals surface area contributed by atoms with Crippen LogP contribution in [0.2, 0.25) is 0 Å². The van der Waals surface area contributed by atoms with E-state index in [0.717, 1.165) is 19.4 Å². The largest absolute Gasteiger partial charge is 0.444 e. The molecule has 1 unspecified atom stereocenters. The van der Waals surface area contributed by atoms with Gasteiger partial charge in [-0.3, -0.25) is 0 Å². The summed E-state index contributed by atoms with van der Waals surface area (Å²) in [6.07, 6.45) is 2.07. The van der Waals surface area contributed by atoms with Gasteiger partial charge in [-0.1, -0.05) is 20.3 Å². The molecular weight excluding hydrogens is 190 g/mol. The van der Waals surface area contributed by atoms with E-state index in [1.54, 1.807) is 11.9 Å². The van der Waals surface area contributed by atoms with Crippen molar-refractivity contribution in [2.45, 2.75) is 53.1 Å². The molecule has 0 spiro atoms. The van der Waals surface area contributed by atoms with E-state index >= 15 is 0 Å². The summed E-state index contributed by atoms with van der Waals surface area (Å²) in [6, 6.07) is 0. The summed E-state index contributed by atoms with van der Waals surface area (Å²) >= 11 is 0. The van der Waals surface area contributed by atoms with Crippen molar-refractivity contribution in [3.05, 3.63) is 0 Å². The van der Waals surface area contributed by atoms with E-state index in [0.29, 0.717) is 5.92 Å². The van der Waals surface area contributed by atoms with Gasteiger partial charge in [0.2, 0.25) is 0 Å². The zero-order valence-electron chi connectivity index (χ0n) is 11.0. The summed E-state index contributed by atoms with van der Waals surface area (Å²) in [6.45, 7) is 10.7. The molecule has 0 aromatic rings. The second-order valence-electron chi connectivity index (χ2n) is 5.25. The van der Waals surface area contributed by atoms with Crippen LogP contribution in [0.25, 0.3) is 0 Å². The van der Waals surface area contributed by atoms with Crippen molar-refractivity contribution >= 4 is 6.09 Å². The molecule has 1 atom stereocenters. The molecule has 0 aromatic heterocycles. The number of carbonyl (C=O) groups is 1. The summed E-state index contributed by atoms with van der Waals surface area (Å²) in [5, 5.41) is 0. The highest BCUT2D eigenvalue weighted by Crippen LogP contribution is 2.11. The van der Waals surface area contributed by atoms with E-state index in [1.165, 1.54) is 0 Å². The highest BCUT2D eigenvalue weighted by molar-refractivity contribution is 5.67. The molecule has 0 heterocycles. The molecule has 0 saturated heterocycles. The van der Waals surface area contributed by atoms with Gasteiger partial charge in [0, 0.05) is 13.6 Å². The van der Waals surface area contributed by atoms with Crippen molar-refractivity contribution < 1.29 is 9.53 Å². The molecule has 0 aliphatic heterocycles. The van der Waals surface area contributed by atoms with Crippen LogP contribution in [0.5, 0.6) is 0 Å². The monoisotopic (exact) mass is 215 g/mol. The number of rotatable bonds is 4. The number of amides is 1. The molecular formula is C12H25NO2. The maximum Gasteiger partial charge on any atom is 0.410 e. The predicted molar refractivity (Wildman–Crippen MR) is 62.9 cm³/mol. The van der Waals surface area contributed by atoms with Crippen LogP contribution in [0, 0.1) is 5.92 Å². The summed E-state index contributed by atoms with van der Waals surface area (Å²) in [7, 11) is 1.79. The molecule has 0 aliphatic carbocycles. The highest BCUT2D eigenvalue weighted by Gasteiger charge is 2.20. The van der Waals surface area contributed by atoms with Crippen LogP contribution in [0.4, 0.5) is 4.79 Å². The average Bonchev–Trinajstić information content (AvgIpc) is 2.00. The van der Waals surface area contributed by atoms with Gasteiger partial charge in [0.1, 0.15) is 5.60 Å². The summed E-state index contributed by atoms with van der Waals surface area (Å²) < 4.78 is 5.27. The molecule has 1 amide bonds. The van der Waals surface area contributed by atoms with Gasteiger partial charge in [-0.2, -0.15) is 0 Å². The fourth-order valence-electron chi connectivity index (χ4n) is 1.47. The molecule has 0 bridgehead atoms. The Labute approximate surface area is 93.8 Å². The summed E-state index contributed by atoms with van der Waals surface area (Å²) in [4.78, 5) is 13.3. The molecule has 0 N–H and O–H groups in total. The lowest BCUT2D eigenvalue weighted by Crippen LogP contribution is -2.36. The van der Waals surface area contributed by atoms with Crippen LogP contribution in [0.3, 0.4) is 0 Å². The number of hydrogen-bond donors (Lipinski definition) is 0.